The maximum atomic E-state index is 12.6. The van der Waals surface area contributed by atoms with Gasteiger partial charge in [0.15, 0.2) is 0 Å². The van der Waals surface area contributed by atoms with Crippen molar-refractivity contribution in [1.82, 2.24) is 25.3 Å². The zero-order valence-electron chi connectivity index (χ0n) is 17.4. The highest BCUT2D eigenvalue weighted by atomic mass is 16.5. The molecule has 29 heavy (non-hydrogen) atoms. The lowest BCUT2D eigenvalue weighted by atomic mass is 10.1. The molecule has 0 aliphatic carbocycles. The Hall–Kier alpha value is -2.13. The van der Waals surface area contributed by atoms with E-state index in [1.807, 2.05) is 4.90 Å². The number of carbonyl (C=O) groups is 3. The highest BCUT2D eigenvalue weighted by Gasteiger charge is 2.27. The molecule has 0 atom stereocenters. The molecule has 3 heterocycles. The number of ether oxygens (including phenoxy) is 1. The normalized spacial score (nSPS) is 22.0. The number of esters is 1. The lowest BCUT2D eigenvalue weighted by molar-refractivity contribution is -0.138. The fourth-order valence-electron chi connectivity index (χ4n) is 4.02. The van der Waals surface area contributed by atoms with E-state index in [0.29, 0.717) is 31.0 Å². The molecule has 0 unspecified atom stereocenters. The molecule has 3 rings (SSSR count). The first-order valence-corrected chi connectivity index (χ1v) is 10.7. The van der Waals surface area contributed by atoms with E-state index in [1.165, 1.54) is 12.8 Å². The number of amides is 3. The van der Waals surface area contributed by atoms with Crippen LogP contribution in [0.2, 0.25) is 0 Å². The van der Waals surface area contributed by atoms with Gasteiger partial charge in [0.2, 0.25) is 5.91 Å². The van der Waals surface area contributed by atoms with Gasteiger partial charge in [-0.25, -0.2) is 9.59 Å². The maximum absolute atomic E-state index is 12.6. The van der Waals surface area contributed by atoms with Crippen LogP contribution in [0.15, 0.2) is 11.3 Å². The van der Waals surface area contributed by atoms with Gasteiger partial charge >= 0.3 is 12.0 Å². The summed E-state index contributed by atoms with van der Waals surface area (Å²) in [7, 11) is 0. The molecule has 0 aromatic rings. The lowest BCUT2D eigenvalue weighted by Crippen LogP contribution is -2.52. The molecule has 3 aliphatic heterocycles. The standard InChI is InChI=1S/C20H33N5O4/c1-2-29-19(27)16-13-21-20(28)22-17(16)14-23-9-11-24(12-10-23)15-18(26)25-7-5-3-4-6-8-25/h2-15H2,1H3,(H2,21,22,28). The molecule has 0 radical (unpaired) electrons. The van der Waals surface area contributed by atoms with Gasteiger partial charge in [-0.3, -0.25) is 14.6 Å². The first kappa shape index (κ1) is 21.6. The third kappa shape index (κ3) is 6.17. The van der Waals surface area contributed by atoms with Gasteiger partial charge in [-0.1, -0.05) is 12.8 Å². The second-order valence-corrected chi connectivity index (χ2v) is 7.83. The number of hydrogen-bond acceptors (Lipinski definition) is 6. The predicted molar refractivity (Wildman–Crippen MR) is 108 cm³/mol. The molecule has 2 fully saturated rings. The van der Waals surface area contributed by atoms with Gasteiger partial charge < -0.3 is 20.3 Å². The number of likely N-dealkylation sites (tertiary alicyclic amines) is 1. The summed E-state index contributed by atoms with van der Waals surface area (Å²) in [5, 5.41) is 5.38. The van der Waals surface area contributed by atoms with E-state index in [9.17, 15) is 14.4 Å². The van der Waals surface area contributed by atoms with Crippen LogP contribution in [0, 0.1) is 0 Å². The molecule has 162 valence electrons. The number of piperazine rings is 1. The highest BCUT2D eigenvalue weighted by Crippen LogP contribution is 2.13. The van der Waals surface area contributed by atoms with E-state index in [1.54, 1.807) is 6.92 Å². The number of hydrogen-bond donors (Lipinski definition) is 2. The summed E-state index contributed by atoms with van der Waals surface area (Å²) < 4.78 is 5.11. The average molecular weight is 408 g/mol. The topological polar surface area (TPSA) is 94.2 Å². The summed E-state index contributed by atoms with van der Waals surface area (Å²) >= 11 is 0. The van der Waals surface area contributed by atoms with E-state index in [2.05, 4.69) is 20.4 Å². The van der Waals surface area contributed by atoms with Crippen molar-refractivity contribution in [3.8, 4) is 0 Å². The number of nitrogens with zero attached hydrogens (tertiary/aromatic N) is 3. The van der Waals surface area contributed by atoms with Crippen LogP contribution in [0.5, 0.6) is 0 Å². The minimum atomic E-state index is -0.392. The van der Waals surface area contributed by atoms with Gasteiger partial charge in [-0.05, 0) is 19.8 Å². The molecule has 2 saturated heterocycles. The Balaban J connectivity index is 1.50. The molecule has 0 aromatic carbocycles. The van der Waals surface area contributed by atoms with Crippen molar-refractivity contribution in [1.29, 1.82) is 0 Å². The molecule has 0 saturated carbocycles. The molecule has 2 N–H and O–H groups in total. The smallest absolute Gasteiger partial charge is 0.337 e. The zero-order chi connectivity index (χ0) is 20.6. The molecule has 3 amide bonds. The van der Waals surface area contributed by atoms with Gasteiger partial charge in [0.25, 0.3) is 0 Å². The van der Waals surface area contributed by atoms with Crippen molar-refractivity contribution in [2.45, 2.75) is 32.6 Å². The monoisotopic (exact) mass is 407 g/mol. The average Bonchev–Trinajstić information content (AvgIpc) is 2.99. The summed E-state index contributed by atoms with van der Waals surface area (Å²) in [5.41, 5.74) is 1.09. The van der Waals surface area contributed by atoms with Crippen LogP contribution in [0.25, 0.3) is 0 Å². The van der Waals surface area contributed by atoms with Gasteiger partial charge in [0.1, 0.15) is 0 Å². The summed E-state index contributed by atoms with van der Waals surface area (Å²) in [5.74, 6) is -0.157. The van der Waals surface area contributed by atoms with Gasteiger partial charge in [0.05, 0.1) is 25.3 Å². The van der Waals surface area contributed by atoms with Gasteiger partial charge in [-0.15, -0.1) is 0 Å². The van der Waals surface area contributed by atoms with Crippen LogP contribution >= 0.6 is 0 Å². The molecule has 3 aliphatic rings. The van der Waals surface area contributed by atoms with E-state index < -0.39 is 5.97 Å². The van der Waals surface area contributed by atoms with E-state index in [-0.39, 0.29) is 18.5 Å². The van der Waals surface area contributed by atoms with Crippen molar-refractivity contribution in [3.05, 3.63) is 11.3 Å². The molecule has 9 heteroatoms. The SMILES string of the molecule is CCOC(=O)C1=C(CN2CCN(CC(=O)N3CCCCCC3)CC2)NC(=O)NC1. The van der Waals surface area contributed by atoms with Crippen molar-refractivity contribution in [2.24, 2.45) is 0 Å². The zero-order valence-corrected chi connectivity index (χ0v) is 17.4. The van der Waals surface area contributed by atoms with Crippen molar-refractivity contribution >= 4 is 17.9 Å². The predicted octanol–water partition coefficient (Wildman–Crippen LogP) is 0.137. The van der Waals surface area contributed by atoms with E-state index in [4.69, 9.17) is 4.74 Å². The molecule has 0 bridgehead atoms. The third-order valence-electron chi connectivity index (χ3n) is 5.74. The Kier molecular flexibility index (Phi) is 7.88. The van der Waals surface area contributed by atoms with Gasteiger partial charge in [-0.2, -0.15) is 0 Å². The maximum Gasteiger partial charge on any atom is 0.337 e. The molecular formula is C20H33N5O4. The third-order valence-corrected chi connectivity index (χ3v) is 5.74. The Bertz CT molecular complexity index is 635. The highest BCUT2D eigenvalue weighted by molar-refractivity contribution is 5.93. The Morgan fingerprint density at radius 2 is 1.62 bits per heavy atom. The van der Waals surface area contributed by atoms with Crippen LogP contribution < -0.4 is 10.6 Å². The van der Waals surface area contributed by atoms with Crippen LogP contribution in [-0.4, -0.2) is 98.1 Å². The number of rotatable bonds is 6. The minimum Gasteiger partial charge on any atom is -0.463 e. The number of urea groups is 1. The summed E-state index contributed by atoms with van der Waals surface area (Å²) in [6.07, 6.45) is 4.66. The molecular weight excluding hydrogens is 374 g/mol. The fourth-order valence-corrected chi connectivity index (χ4v) is 4.02. The molecule has 9 nitrogen and oxygen atoms in total. The largest absolute Gasteiger partial charge is 0.463 e. The summed E-state index contributed by atoms with van der Waals surface area (Å²) in [4.78, 5) is 42.9. The summed E-state index contributed by atoms with van der Waals surface area (Å²) in [6, 6.07) is -0.297. The second kappa shape index (κ2) is 10.6. The van der Waals surface area contributed by atoms with Crippen LogP contribution in [0.1, 0.15) is 32.6 Å². The Morgan fingerprint density at radius 3 is 2.28 bits per heavy atom. The second-order valence-electron chi connectivity index (χ2n) is 7.83. The summed E-state index contributed by atoms with van der Waals surface area (Å²) in [6.45, 7) is 8.17. The van der Waals surface area contributed by atoms with Crippen molar-refractivity contribution in [2.75, 3.05) is 65.5 Å². The first-order valence-electron chi connectivity index (χ1n) is 10.7. The van der Waals surface area contributed by atoms with Crippen LogP contribution in [0.3, 0.4) is 0 Å². The first-order chi connectivity index (χ1) is 14.1. The Labute approximate surface area is 172 Å². The van der Waals surface area contributed by atoms with Crippen molar-refractivity contribution < 1.29 is 19.1 Å². The molecule has 0 aromatic heterocycles. The molecule has 0 spiro atoms. The number of nitrogens with one attached hydrogen (secondary N) is 2. The Morgan fingerprint density at radius 1 is 0.966 bits per heavy atom. The quantitative estimate of drug-likeness (QED) is 0.608. The lowest BCUT2D eigenvalue weighted by Gasteiger charge is -2.36. The van der Waals surface area contributed by atoms with E-state index >= 15 is 0 Å². The van der Waals surface area contributed by atoms with Gasteiger partial charge in [0, 0.05) is 51.5 Å². The van der Waals surface area contributed by atoms with Crippen molar-refractivity contribution in [3.63, 3.8) is 0 Å². The van der Waals surface area contributed by atoms with E-state index in [0.717, 1.165) is 52.1 Å². The fraction of sp³-hybridized carbons (Fsp3) is 0.750. The van der Waals surface area contributed by atoms with Crippen LogP contribution in [0.4, 0.5) is 4.79 Å². The van der Waals surface area contributed by atoms with Crippen LogP contribution in [-0.2, 0) is 14.3 Å². The minimum absolute atomic E-state index is 0.185. The number of carbonyl (C=O) groups excluding carboxylic acids is 3.